The molecule has 0 saturated carbocycles. The Morgan fingerprint density at radius 1 is 1.35 bits per heavy atom. The highest BCUT2D eigenvalue weighted by atomic mass is 16.2. The third-order valence-electron chi connectivity index (χ3n) is 3.22. The molecule has 17 heavy (non-hydrogen) atoms. The molecular weight excluding hydrogens is 212 g/mol. The number of nitrogens with zero attached hydrogens (tertiary/aromatic N) is 1. The van der Waals surface area contributed by atoms with E-state index in [9.17, 15) is 4.79 Å². The topological polar surface area (TPSA) is 46.3 Å². The number of nitrogens with two attached hydrogens (primary N) is 1. The van der Waals surface area contributed by atoms with Gasteiger partial charge in [-0.25, -0.2) is 0 Å². The Hall–Kier alpha value is -1.35. The quantitative estimate of drug-likeness (QED) is 0.844. The fraction of sp³-hybridized carbons (Fsp3) is 0.500. The molecule has 0 aromatic heterocycles. The second-order valence-corrected chi connectivity index (χ2v) is 4.50. The Bertz CT molecular complexity index is 350. The Balaban J connectivity index is 2.58. The standard InChI is InChI=1S/C14H22N2O/c1-4-11(2)16(3)14(17)13(15)10-12-8-6-5-7-9-12/h5-9,11,13H,4,10,15H2,1-3H3/t11?,13-/m0/s1. The average Bonchev–Trinajstić information content (AvgIpc) is 2.37. The maximum atomic E-state index is 12.0. The highest BCUT2D eigenvalue weighted by molar-refractivity contribution is 5.82. The lowest BCUT2D eigenvalue weighted by Crippen LogP contribution is -2.46. The van der Waals surface area contributed by atoms with E-state index in [1.807, 2.05) is 44.3 Å². The second-order valence-electron chi connectivity index (χ2n) is 4.50. The van der Waals surface area contributed by atoms with Crippen LogP contribution < -0.4 is 5.73 Å². The highest BCUT2D eigenvalue weighted by Gasteiger charge is 2.21. The maximum Gasteiger partial charge on any atom is 0.239 e. The summed E-state index contributed by atoms with van der Waals surface area (Å²) in [5.74, 6) is 0.0169. The summed E-state index contributed by atoms with van der Waals surface area (Å²) in [5, 5.41) is 0. The highest BCUT2D eigenvalue weighted by Crippen LogP contribution is 2.07. The molecule has 3 nitrogen and oxygen atoms in total. The molecular formula is C14H22N2O. The molecule has 0 bridgehead atoms. The molecule has 0 aliphatic rings. The van der Waals surface area contributed by atoms with Crippen molar-refractivity contribution in [3.8, 4) is 0 Å². The zero-order valence-corrected chi connectivity index (χ0v) is 10.9. The second kappa shape index (κ2) is 6.40. The summed E-state index contributed by atoms with van der Waals surface area (Å²) in [5.41, 5.74) is 7.05. The molecule has 0 aliphatic heterocycles. The molecule has 1 unspecified atom stereocenters. The number of carbonyl (C=O) groups is 1. The Labute approximate surface area is 104 Å². The largest absolute Gasteiger partial charge is 0.342 e. The van der Waals surface area contributed by atoms with Crippen LogP contribution in [-0.4, -0.2) is 29.9 Å². The van der Waals surface area contributed by atoms with Crippen molar-refractivity contribution >= 4 is 5.91 Å². The molecule has 1 aromatic carbocycles. The number of hydrogen-bond acceptors (Lipinski definition) is 2. The van der Waals surface area contributed by atoms with Crippen molar-refractivity contribution in [1.29, 1.82) is 0 Å². The van der Waals surface area contributed by atoms with Gasteiger partial charge in [-0.3, -0.25) is 4.79 Å². The molecule has 0 spiro atoms. The smallest absolute Gasteiger partial charge is 0.239 e. The van der Waals surface area contributed by atoms with E-state index in [1.54, 1.807) is 4.90 Å². The first-order chi connectivity index (χ1) is 8.06. The van der Waals surface area contributed by atoms with Crippen LogP contribution in [0.4, 0.5) is 0 Å². The van der Waals surface area contributed by atoms with Crippen LogP contribution >= 0.6 is 0 Å². The van der Waals surface area contributed by atoms with Crippen LogP contribution in [0.2, 0.25) is 0 Å². The van der Waals surface area contributed by atoms with E-state index in [0.717, 1.165) is 12.0 Å². The van der Waals surface area contributed by atoms with Crippen LogP contribution in [0.3, 0.4) is 0 Å². The number of hydrogen-bond donors (Lipinski definition) is 1. The summed E-state index contributed by atoms with van der Waals surface area (Å²) in [7, 11) is 1.82. The first-order valence-corrected chi connectivity index (χ1v) is 6.12. The monoisotopic (exact) mass is 234 g/mol. The molecule has 0 saturated heterocycles. The molecule has 0 aliphatic carbocycles. The van der Waals surface area contributed by atoms with Gasteiger partial charge in [0, 0.05) is 13.1 Å². The van der Waals surface area contributed by atoms with Crippen molar-refractivity contribution in [2.24, 2.45) is 5.73 Å². The number of amides is 1. The van der Waals surface area contributed by atoms with Gasteiger partial charge in [0.2, 0.25) is 5.91 Å². The molecule has 0 heterocycles. The number of benzene rings is 1. The van der Waals surface area contributed by atoms with E-state index in [1.165, 1.54) is 0 Å². The minimum Gasteiger partial charge on any atom is -0.342 e. The molecule has 1 rings (SSSR count). The first-order valence-electron chi connectivity index (χ1n) is 6.12. The third-order valence-corrected chi connectivity index (χ3v) is 3.22. The van der Waals surface area contributed by atoms with E-state index in [0.29, 0.717) is 6.42 Å². The lowest BCUT2D eigenvalue weighted by Gasteiger charge is -2.26. The molecule has 1 amide bonds. The predicted molar refractivity (Wildman–Crippen MR) is 70.6 cm³/mol. The lowest BCUT2D eigenvalue weighted by molar-refractivity contribution is -0.133. The van der Waals surface area contributed by atoms with E-state index in [4.69, 9.17) is 5.73 Å². The van der Waals surface area contributed by atoms with Crippen molar-refractivity contribution in [3.05, 3.63) is 35.9 Å². The van der Waals surface area contributed by atoms with E-state index >= 15 is 0 Å². The van der Waals surface area contributed by atoms with E-state index < -0.39 is 6.04 Å². The normalized spacial score (nSPS) is 14.1. The zero-order chi connectivity index (χ0) is 12.8. The first kappa shape index (κ1) is 13.7. The van der Waals surface area contributed by atoms with Crippen molar-refractivity contribution in [2.45, 2.75) is 38.8 Å². The minimum atomic E-state index is -0.448. The fourth-order valence-electron chi connectivity index (χ4n) is 1.71. The van der Waals surface area contributed by atoms with Gasteiger partial charge in [0.15, 0.2) is 0 Å². The predicted octanol–water partition coefficient (Wildman–Crippen LogP) is 1.81. The van der Waals surface area contributed by atoms with Crippen LogP contribution in [0.15, 0.2) is 30.3 Å². The summed E-state index contributed by atoms with van der Waals surface area (Å²) in [4.78, 5) is 13.8. The molecule has 3 heteroatoms. The van der Waals surface area contributed by atoms with Gasteiger partial charge in [0.05, 0.1) is 6.04 Å². The van der Waals surface area contributed by atoms with Crippen LogP contribution in [0.1, 0.15) is 25.8 Å². The molecule has 0 fully saturated rings. The summed E-state index contributed by atoms with van der Waals surface area (Å²) in [6.45, 7) is 4.10. The van der Waals surface area contributed by atoms with Gasteiger partial charge < -0.3 is 10.6 Å². The summed E-state index contributed by atoms with van der Waals surface area (Å²) < 4.78 is 0. The van der Waals surface area contributed by atoms with Gasteiger partial charge in [-0.2, -0.15) is 0 Å². The minimum absolute atomic E-state index is 0.0169. The summed E-state index contributed by atoms with van der Waals surface area (Å²) in [6, 6.07) is 9.67. The van der Waals surface area contributed by atoms with Gasteiger partial charge in [0.25, 0.3) is 0 Å². The average molecular weight is 234 g/mol. The van der Waals surface area contributed by atoms with Crippen molar-refractivity contribution in [1.82, 2.24) is 4.90 Å². The number of rotatable bonds is 5. The van der Waals surface area contributed by atoms with E-state index in [-0.39, 0.29) is 11.9 Å². The molecule has 94 valence electrons. The third kappa shape index (κ3) is 3.86. The Kier molecular flexibility index (Phi) is 5.16. The molecule has 2 N–H and O–H groups in total. The number of carbonyl (C=O) groups excluding carboxylic acids is 1. The summed E-state index contributed by atoms with van der Waals surface area (Å²) >= 11 is 0. The van der Waals surface area contributed by atoms with Crippen LogP contribution in [-0.2, 0) is 11.2 Å². The molecule has 2 atom stereocenters. The zero-order valence-electron chi connectivity index (χ0n) is 10.9. The Morgan fingerprint density at radius 3 is 2.47 bits per heavy atom. The SMILES string of the molecule is CCC(C)N(C)C(=O)[C@@H](N)Cc1ccccc1. The fourth-order valence-corrected chi connectivity index (χ4v) is 1.71. The van der Waals surface area contributed by atoms with Gasteiger partial charge in [-0.15, -0.1) is 0 Å². The van der Waals surface area contributed by atoms with Gasteiger partial charge in [0.1, 0.15) is 0 Å². The van der Waals surface area contributed by atoms with Crippen LogP contribution in [0, 0.1) is 0 Å². The van der Waals surface area contributed by atoms with Crippen molar-refractivity contribution in [2.75, 3.05) is 7.05 Å². The van der Waals surface area contributed by atoms with E-state index in [2.05, 4.69) is 6.92 Å². The van der Waals surface area contributed by atoms with Crippen molar-refractivity contribution < 1.29 is 4.79 Å². The molecule has 1 aromatic rings. The number of likely N-dealkylation sites (N-methyl/N-ethyl adjacent to an activating group) is 1. The maximum absolute atomic E-state index is 12.0. The summed E-state index contributed by atoms with van der Waals surface area (Å²) in [6.07, 6.45) is 1.54. The van der Waals surface area contributed by atoms with Gasteiger partial charge >= 0.3 is 0 Å². The van der Waals surface area contributed by atoms with Gasteiger partial charge in [-0.1, -0.05) is 37.3 Å². The van der Waals surface area contributed by atoms with Gasteiger partial charge in [-0.05, 0) is 25.3 Å². The molecule has 0 radical (unpaired) electrons. The van der Waals surface area contributed by atoms with Crippen LogP contribution in [0.25, 0.3) is 0 Å². The van der Waals surface area contributed by atoms with Crippen LogP contribution in [0.5, 0.6) is 0 Å². The Morgan fingerprint density at radius 2 is 1.94 bits per heavy atom. The van der Waals surface area contributed by atoms with Crippen molar-refractivity contribution in [3.63, 3.8) is 0 Å². The lowest BCUT2D eigenvalue weighted by atomic mass is 10.0.